The maximum Gasteiger partial charge on any atom is 0.274 e. The highest BCUT2D eigenvalue weighted by molar-refractivity contribution is 4.96. The summed E-state index contributed by atoms with van der Waals surface area (Å²) in [7, 11) is 0. The summed E-state index contributed by atoms with van der Waals surface area (Å²) in [6.45, 7) is 3.70. The molecule has 1 aromatic rings. The first-order valence-electron chi connectivity index (χ1n) is 8.47. The van der Waals surface area contributed by atoms with Crippen molar-refractivity contribution in [2.45, 2.75) is 64.5 Å². The van der Waals surface area contributed by atoms with E-state index in [1.165, 1.54) is 19.3 Å². The summed E-state index contributed by atoms with van der Waals surface area (Å²) < 4.78 is 2.12. The molecular formula is C16H27N5O2. The summed E-state index contributed by atoms with van der Waals surface area (Å²) in [5.41, 5.74) is 1.16. The van der Waals surface area contributed by atoms with Crippen LogP contribution in [0.15, 0.2) is 24.5 Å². The van der Waals surface area contributed by atoms with Crippen molar-refractivity contribution in [1.29, 1.82) is 0 Å². The first-order chi connectivity index (χ1) is 11.1. The zero-order valence-corrected chi connectivity index (χ0v) is 13.8. The Labute approximate surface area is 137 Å². The highest BCUT2D eigenvalue weighted by Crippen LogP contribution is 2.18. The molecule has 1 aromatic heterocycles. The molecule has 7 nitrogen and oxygen atoms in total. The van der Waals surface area contributed by atoms with Crippen LogP contribution >= 0.6 is 0 Å². The van der Waals surface area contributed by atoms with Crippen LogP contribution in [-0.2, 0) is 6.54 Å². The molecule has 1 heterocycles. The third-order valence-corrected chi connectivity index (χ3v) is 4.26. The number of nitrogens with one attached hydrogen (secondary N) is 2. The van der Waals surface area contributed by atoms with Gasteiger partial charge in [0, 0.05) is 31.0 Å². The number of unbranched alkanes of at least 4 members (excludes halogenated alkanes) is 1. The molecule has 7 heteroatoms. The summed E-state index contributed by atoms with van der Waals surface area (Å²) >= 11 is 0. The zero-order chi connectivity index (χ0) is 16.5. The molecule has 2 N–H and O–H groups in total. The van der Waals surface area contributed by atoms with Crippen LogP contribution in [0.3, 0.4) is 0 Å². The van der Waals surface area contributed by atoms with E-state index in [9.17, 15) is 10.1 Å². The van der Waals surface area contributed by atoms with E-state index >= 15 is 0 Å². The molecule has 0 amide bonds. The van der Waals surface area contributed by atoms with E-state index in [1.54, 1.807) is 0 Å². The number of hydrogen-bond donors (Lipinski definition) is 2. The van der Waals surface area contributed by atoms with Gasteiger partial charge in [0.05, 0.1) is 11.3 Å². The molecule has 0 spiro atoms. The quantitative estimate of drug-likeness (QED) is 0.415. The van der Waals surface area contributed by atoms with Crippen LogP contribution in [0.2, 0.25) is 0 Å². The molecule has 0 aromatic carbocycles. The number of rotatable bonds is 9. The molecule has 0 atom stereocenters. The average molecular weight is 321 g/mol. The van der Waals surface area contributed by atoms with E-state index in [1.807, 2.05) is 19.4 Å². The van der Waals surface area contributed by atoms with E-state index in [0.717, 1.165) is 50.7 Å². The molecule has 0 saturated heterocycles. The Kier molecular flexibility index (Phi) is 6.90. The SMILES string of the molecule is Cc1cncn1CCCCN/C(=C\[N+](=O)[O-])NC1CCCCC1. The van der Waals surface area contributed by atoms with Crippen LogP contribution in [0.5, 0.6) is 0 Å². The van der Waals surface area contributed by atoms with Crippen LogP contribution in [0.1, 0.15) is 50.6 Å². The number of nitrogens with zero attached hydrogens (tertiary/aromatic N) is 3. The third kappa shape index (κ3) is 6.30. The minimum absolute atomic E-state index is 0.357. The minimum atomic E-state index is -0.396. The lowest BCUT2D eigenvalue weighted by Crippen LogP contribution is -2.37. The second kappa shape index (κ2) is 9.17. The molecule has 1 aliphatic carbocycles. The molecule has 0 aliphatic heterocycles. The van der Waals surface area contributed by atoms with Crippen molar-refractivity contribution in [3.05, 3.63) is 40.4 Å². The minimum Gasteiger partial charge on any atom is -0.367 e. The molecule has 0 unspecified atom stereocenters. The van der Waals surface area contributed by atoms with Gasteiger partial charge in [0.15, 0.2) is 5.82 Å². The van der Waals surface area contributed by atoms with Crippen LogP contribution in [0, 0.1) is 17.0 Å². The molecule has 23 heavy (non-hydrogen) atoms. The molecule has 1 fully saturated rings. The summed E-state index contributed by atoms with van der Waals surface area (Å²) in [4.78, 5) is 14.5. The van der Waals surface area contributed by atoms with E-state index in [4.69, 9.17) is 0 Å². The largest absolute Gasteiger partial charge is 0.367 e. The second-order valence-electron chi connectivity index (χ2n) is 6.17. The average Bonchev–Trinajstić information content (AvgIpc) is 2.92. The van der Waals surface area contributed by atoms with E-state index < -0.39 is 4.92 Å². The van der Waals surface area contributed by atoms with E-state index in [0.29, 0.717) is 11.9 Å². The first-order valence-corrected chi connectivity index (χ1v) is 8.47. The summed E-state index contributed by atoms with van der Waals surface area (Å²) in [5, 5.41) is 17.2. The zero-order valence-electron chi connectivity index (χ0n) is 13.8. The van der Waals surface area contributed by atoms with Gasteiger partial charge in [-0.3, -0.25) is 10.1 Å². The van der Waals surface area contributed by atoms with Crippen molar-refractivity contribution in [2.75, 3.05) is 6.54 Å². The lowest BCUT2D eigenvalue weighted by Gasteiger charge is -2.24. The maximum atomic E-state index is 10.8. The van der Waals surface area contributed by atoms with Gasteiger partial charge in [-0.25, -0.2) is 4.98 Å². The second-order valence-corrected chi connectivity index (χ2v) is 6.17. The third-order valence-electron chi connectivity index (χ3n) is 4.26. The Morgan fingerprint density at radius 3 is 2.87 bits per heavy atom. The number of aryl methyl sites for hydroxylation is 2. The number of hydrogen-bond acceptors (Lipinski definition) is 5. The predicted octanol–water partition coefficient (Wildman–Crippen LogP) is 2.56. The highest BCUT2D eigenvalue weighted by atomic mass is 16.6. The van der Waals surface area contributed by atoms with E-state index in [-0.39, 0.29) is 0 Å². The monoisotopic (exact) mass is 321 g/mol. The van der Waals surface area contributed by atoms with Crippen molar-refractivity contribution in [1.82, 2.24) is 20.2 Å². The Bertz CT molecular complexity index is 520. The van der Waals surface area contributed by atoms with Crippen LogP contribution in [0.25, 0.3) is 0 Å². The van der Waals surface area contributed by atoms with Gasteiger partial charge < -0.3 is 15.2 Å². The molecule has 128 valence electrons. The molecule has 1 saturated carbocycles. The lowest BCUT2D eigenvalue weighted by atomic mass is 9.95. The van der Waals surface area contributed by atoms with Crippen molar-refractivity contribution >= 4 is 0 Å². The van der Waals surface area contributed by atoms with Crippen LogP contribution in [-0.4, -0.2) is 27.1 Å². The first kappa shape index (κ1) is 17.3. The van der Waals surface area contributed by atoms with Gasteiger partial charge in [-0.15, -0.1) is 0 Å². The lowest BCUT2D eigenvalue weighted by molar-refractivity contribution is -0.404. The fourth-order valence-electron chi connectivity index (χ4n) is 2.96. The van der Waals surface area contributed by atoms with Gasteiger partial charge in [-0.05, 0) is 32.6 Å². The van der Waals surface area contributed by atoms with Gasteiger partial charge in [0.25, 0.3) is 6.20 Å². The highest BCUT2D eigenvalue weighted by Gasteiger charge is 2.15. The van der Waals surface area contributed by atoms with Crippen molar-refractivity contribution in [3.63, 3.8) is 0 Å². The number of nitro groups is 1. The Balaban J connectivity index is 1.70. The molecule has 0 bridgehead atoms. The van der Waals surface area contributed by atoms with Crippen molar-refractivity contribution in [3.8, 4) is 0 Å². The van der Waals surface area contributed by atoms with Gasteiger partial charge in [0.2, 0.25) is 0 Å². The topological polar surface area (TPSA) is 85.0 Å². The van der Waals surface area contributed by atoms with Crippen molar-refractivity contribution in [2.24, 2.45) is 0 Å². The molecule has 2 rings (SSSR count). The molecule has 0 radical (unpaired) electrons. The fraction of sp³-hybridized carbons (Fsp3) is 0.688. The maximum absolute atomic E-state index is 10.8. The van der Waals surface area contributed by atoms with Gasteiger partial charge in [-0.1, -0.05) is 19.3 Å². The number of imidazole rings is 1. The van der Waals surface area contributed by atoms with Gasteiger partial charge in [-0.2, -0.15) is 0 Å². The van der Waals surface area contributed by atoms with Gasteiger partial charge >= 0.3 is 0 Å². The molecular weight excluding hydrogens is 294 g/mol. The normalized spacial score (nSPS) is 16.3. The van der Waals surface area contributed by atoms with E-state index in [2.05, 4.69) is 20.2 Å². The Hall–Kier alpha value is -2.05. The summed E-state index contributed by atoms with van der Waals surface area (Å²) in [6.07, 6.45) is 12.6. The van der Waals surface area contributed by atoms with Crippen molar-refractivity contribution < 1.29 is 4.92 Å². The Morgan fingerprint density at radius 2 is 2.22 bits per heavy atom. The molecule has 1 aliphatic rings. The number of aromatic nitrogens is 2. The predicted molar refractivity (Wildman–Crippen MR) is 89.3 cm³/mol. The smallest absolute Gasteiger partial charge is 0.274 e. The Morgan fingerprint density at radius 1 is 1.43 bits per heavy atom. The summed E-state index contributed by atoms with van der Waals surface area (Å²) in [5.74, 6) is 0.542. The fourth-order valence-corrected chi connectivity index (χ4v) is 2.96. The standard InChI is InChI=1S/C16H27N5O2/c1-14-11-17-13-20(14)10-6-5-9-18-16(12-21(22)23)19-15-7-3-2-4-8-15/h11-13,15,18-19H,2-10H2,1H3/b16-12+. The summed E-state index contributed by atoms with van der Waals surface area (Å²) in [6, 6.07) is 0.357. The van der Waals surface area contributed by atoms with Crippen LogP contribution < -0.4 is 10.6 Å². The van der Waals surface area contributed by atoms with Gasteiger partial charge in [0.1, 0.15) is 0 Å². The van der Waals surface area contributed by atoms with Crippen LogP contribution in [0.4, 0.5) is 0 Å².